The third-order valence-corrected chi connectivity index (χ3v) is 8.02. The molecule has 1 aromatic carbocycles. The van der Waals surface area contributed by atoms with Crippen molar-refractivity contribution in [1.82, 2.24) is 14.8 Å². The van der Waals surface area contributed by atoms with Gasteiger partial charge in [-0.05, 0) is 69.6 Å². The van der Waals surface area contributed by atoms with Crippen molar-refractivity contribution in [2.45, 2.75) is 82.7 Å². The van der Waals surface area contributed by atoms with Crippen LogP contribution in [0.15, 0.2) is 36.7 Å². The molecule has 1 fully saturated rings. The Labute approximate surface area is 242 Å². The van der Waals surface area contributed by atoms with Gasteiger partial charge in [-0.2, -0.15) is 18.3 Å². The van der Waals surface area contributed by atoms with Crippen molar-refractivity contribution in [2.24, 2.45) is 5.92 Å². The molecule has 0 saturated heterocycles. The molecule has 2 aromatic heterocycles. The van der Waals surface area contributed by atoms with Gasteiger partial charge in [0.25, 0.3) is 0 Å². The minimum atomic E-state index is -4.69. The normalized spacial score (nSPS) is 23.4. The maximum Gasteiger partial charge on any atom is 0.586 e. The number of carbonyl (C=O) groups is 1. The second-order valence-corrected chi connectivity index (χ2v) is 11.0. The average molecular weight is 610 g/mol. The predicted octanol–water partition coefficient (Wildman–Crippen LogP) is 6.79. The molecule has 0 amide bonds. The van der Waals surface area contributed by atoms with E-state index < -0.39 is 42.3 Å². The highest BCUT2D eigenvalue weighted by Crippen LogP contribution is 2.44. The Hall–Kier alpha value is -3.94. The van der Waals surface area contributed by atoms with Gasteiger partial charge in [-0.1, -0.05) is 6.07 Å². The van der Waals surface area contributed by atoms with E-state index >= 15 is 0 Å². The Morgan fingerprint density at radius 3 is 2.56 bits per heavy atom. The van der Waals surface area contributed by atoms with Gasteiger partial charge in [0.05, 0.1) is 35.8 Å². The number of hydrogen-bond donors (Lipinski definition) is 1. The fraction of sp³-hybridized carbons (Fsp3) is 0.483. The van der Waals surface area contributed by atoms with E-state index in [4.69, 9.17) is 9.47 Å². The van der Waals surface area contributed by atoms with Crippen molar-refractivity contribution in [1.29, 1.82) is 0 Å². The topological polar surface area (TPSA) is 105 Å². The summed E-state index contributed by atoms with van der Waals surface area (Å²) >= 11 is 0. The van der Waals surface area contributed by atoms with Gasteiger partial charge in [-0.3, -0.25) is 9.78 Å². The first-order valence-corrected chi connectivity index (χ1v) is 14.0. The minimum absolute atomic E-state index is 0.0693. The van der Waals surface area contributed by atoms with Crippen molar-refractivity contribution in [3.8, 4) is 22.9 Å². The summed E-state index contributed by atoms with van der Waals surface area (Å²) in [6.45, 7) is 1.67. The Morgan fingerprint density at radius 1 is 1.09 bits per heavy atom. The predicted molar refractivity (Wildman–Crippen MR) is 138 cm³/mol. The molecule has 6 rings (SSSR count). The monoisotopic (exact) mass is 609 g/mol. The molecule has 3 aliphatic rings. The molecule has 3 aromatic rings. The van der Waals surface area contributed by atoms with Gasteiger partial charge in [0.2, 0.25) is 0 Å². The van der Waals surface area contributed by atoms with Crippen LogP contribution in [0, 0.1) is 5.92 Å². The number of carboxylic acids is 1. The molecule has 3 heterocycles. The maximum atomic E-state index is 14.1. The third kappa shape index (κ3) is 5.97. The summed E-state index contributed by atoms with van der Waals surface area (Å²) in [4.78, 5) is 15.5. The SMILES string of the molecule is C[C@H](Oc1cncc(-n2nc(C(F)(F)F)c3c2[C@@H](O[C@H]2CC[C@H](C(=O)O)CC2)CCC3)c1)c1ccc2c(c1)OC(F)(F)O2. The summed E-state index contributed by atoms with van der Waals surface area (Å²) in [6.07, 6.45) is -4.28. The lowest BCUT2D eigenvalue weighted by atomic mass is 9.87. The fourth-order valence-corrected chi connectivity index (χ4v) is 5.96. The Bertz CT molecular complexity index is 1520. The van der Waals surface area contributed by atoms with Gasteiger partial charge >= 0.3 is 18.4 Å². The number of carboxylic acid groups (broad SMARTS) is 1. The van der Waals surface area contributed by atoms with Crippen LogP contribution < -0.4 is 14.2 Å². The van der Waals surface area contributed by atoms with Crippen LogP contribution in [0.5, 0.6) is 17.2 Å². The molecule has 2 atom stereocenters. The van der Waals surface area contributed by atoms with Crippen molar-refractivity contribution in [2.75, 3.05) is 0 Å². The van der Waals surface area contributed by atoms with E-state index in [0.717, 1.165) is 0 Å². The molecule has 43 heavy (non-hydrogen) atoms. The number of alkyl halides is 5. The van der Waals surface area contributed by atoms with Crippen LogP contribution >= 0.6 is 0 Å². The van der Waals surface area contributed by atoms with Crippen LogP contribution in [-0.4, -0.2) is 38.2 Å². The van der Waals surface area contributed by atoms with Crippen LogP contribution in [-0.2, 0) is 22.1 Å². The van der Waals surface area contributed by atoms with Crippen LogP contribution in [0.25, 0.3) is 5.69 Å². The van der Waals surface area contributed by atoms with E-state index in [1.165, 1.54) is 41.3 Å². The zero-order chi connectivity index (χ0) is 30.5. The standard InChI is InChI=1S/C29H28F5N3O6/c1-15(17-7-10-22-24(11-17)43-29(33,34)42-22)40-20-12-18(13-35-14-20)37-25-21(26(36-37)28(30,31)32)3-2-4-23(25)41-19-8-5-16(6-9-19)27(38)39/h7,10-16,19,23H,2-6,8-9H2,1H3,(H,38,39)/t15-,16-,19-,23-/m0/s1. The number of nitrogens with zero attached hydrogens (tertiary/aromatic N) is 3. The van der Waals surface area contributed by atoms with Gasteiger partial charge in [0, 0.05) is 11.6 Å². The Kier molecular flexibility index (Phi) is 7.43. The van der Waals surface area contributed by atoms with E-state index in [0.29, 0.717) is 49.8 Å². The Morgan fingerprint density at radius 2 is 1.84 bits per heavy atom. The molecule has 2 aliphatic carbocycles. The van der Waals surface area contributed by atoms with E-state index in [-0.39, 0.29) is 41.0 Å². The lowest BCUT2D eigenvalue weighted by Gasteiger charge is -2.32. The summed E-state index contributed by atoms with van der Waals surface area (Å²) in [6, 6.07) is 5.74. The van der Waals surface area contributed by atoms with Crippen LogP contribution in [0.4, 0.5) is 22.0 Å². The number of rotatable bonds is 7. The first kappa shape index (κ1) is 29.1. The highest BCUT2D eigenvalue weighted by atomic mass is 19.4. The summed E-state index contributed by atoms with van der Waals surface area (Å²) in [5, 5.41) is 13.3. The van der Waals surface area contributed by atoms with E-state index in [1.807, 2.05) is 0 Å². The fourth-order valence-electron chi connectivity index (χ4n) is 5.96. The largest absolute Gasteiger partial charge is 0.586 e. The molecule has 14 heteroatoms. The number of hydrogen-bond acceptors (Lipinski definition) is 7. The number of pyridine rings is 1. The summed E-state index contributed by atoms with van der Waals surface area (Å²) in [7, 11) is 0. The number of fused-ring (bicyclic) bond motifs is 2. The molecule has 1 aliphatic heterocycles. The second kappa shape index (κ2) is 11.0. The first-order valence-electron chi connectivity index (χ1n) is 14.0. The quantitative estimate of drug-likeness (QED) is 0.292. The first-order chi connectivity index (χ1) is 20.4. The van der Waals surface area contributed by atoms with Gasteiger partial charge in [-0.15, -0.1) is 8.78 Å². The molecule has 0 spiro atoms. The van der Waals surface area contributed by atoms with E-state index in [9.17, 15) is 31.9 Å². The molecule has 9 nitrogen and oxygen atoms in total. The summed E-state index contributed by atoms with van der Waals surface area (Å²) in [5.41, 5.74) is 0.101. The van der Waals surface area contributed by atoms with Crippen molar-refractivity contribution < 1.29 is 50.8 Å². The third-order valence-electron chi connectivity index (χ3n) is 8.02. The molecule has 0 radical (unpaired) electrons. The smallest absolute Gasteiger partial charge is 0.484 e. The summed E-state index contributed by atoms with van der Waals surface area (Å²) < 4.78 is 91.6. The van der Waals surface area contributed by atoms with Gasteiger partial charge < -0.3 is 24.1 Å². The van der Waals surface area contributed by atoms with Crippen molar-refractivity contribution >= 4 is 5.97 Å². The van der Waals surface area contributed by atoms with E-state index in [2.05, 4.69) is 19.6 Å². The van der Waals surface area contributed by atoms with Gasteiger partial charge in [-0.25, -0.2) is 4.68 Å². The summed E-state index contributed by atoms with van der Waals surface area (Å²) in [5.74, 6) is -1.34. The Balaban J connectivity index is 1.27. The van der Waals surface area contributed by atoms with Crippen LogP contribution in [0.3, 0.4) is 0 Å². The van der Waals surface area contributed by atoms with Gasteiger partial charge in [0.15, 0.2) is 17.2 Å². The molecular weight excluding hydrogens is 581 g/mol. The number of aromatic nitrogens is 3. The average Bonchev–Trinajstić information content (AvgIpc) is 3.50. The van der Waals surface area contributed by atoms with Crippen LogP contribution in [0.2, 0.25) is 0 Å². The highest BCUT2D eigenvalue weighted by molar-refractivity contribution is 5.70. The highest BCUT2D eigenvalue weighted by Gasteiger charge is 2.44. The second-order valence-electron chi connectivity index (χ2n) is 11.0. The maximum absolute atomic E-state index is 14.1. The molecule has 1 saturated carbocycles. The molecule has 1 N–H and O–H groups in total. The zero-order valence-corrected chi connectivity index (χ0v) is 22.9. The van der Waals surface area contributed by atoms with Crippen molar-refractivity contribution in [3.05, 3.63) is 59.2 Å². The molecule has 230 valence electrons. The van der Waals surface area contributed by atoms with Crippen LogP contribution in [0.1, 0.15) is 80.2 Å². The number of aliphatic carboxylic acids is 1. The van der Waals surface area contributed by atoms with Gasteiger partial charge in [0.1, 0.15) is 18.0 Å². The van der Waals surface area contributed by atoms with Crippen molar-refractivity contribution in [3.63, 3.8) is 0 Å². The number of halogens is 5. The number of ether oxygens (including phenoxy) is 4. The zero-order valence-electron chi connectivity index (χ0n) is 22.9. The lowest BCUT2D eigenvalue weighted by molar-refractivity contribution is -0.286. The molecule has 0 unspecified atom stereocenters. The minimum Gasteiger partial charge on any atom is -0.484 e. The molecule has 0 bridgehead atoms. The molecular formula is C29H28F5N3O6. The number of benzene rings is 1. The lowest BCUT2D eigenvalue weighted by Crippen LogP contribution is -2.29. The van der Waals surface area contributed by atoms with E-state index in [1.54, 1.807) is 6.92 Å².